The van der Waals surface area contributed by atoms with Gasteiger partial charge in [-0.3, -0.25) is 14.2 Å². The zero-order valence-electron chi connectivity index (χ0n) is 2.74. The molecule has 0 saturated heterocycles. The summed E-state index contributed by atoms with van der Waals surface area (Å²) in [5.41, 5.74) is 0. The lowest BCUT2D eigenvalue weighted by molar-refractivity contribution is 0.454. The van der Waals surface area contributed by atoms with E-state index in [2.05, 4.69) is 18.0 Å². The Balaban J connectivity index is 0. The van der Waals surface area contributed by atoms with Crippen LogP contribution in [-0.2, 0) is 11.4 Å². The molecule has 6 heavy (non-hydrogen) atoms. The summed E-state index contributed by atoms with van der Waals surface area (Å²) in [5, 5.41) is 4.19. The van der Waals surface area contributed by atoms with Crippen LogP contribution in [0, 0.1) is 0 Å². The number of rotatable bonds is 0. The van der Waals surface area contributed by atoms with E-state index in [9.17, 15) is 0 Å². The Morgan fingerprint density at radius 3 is 1.50 bits per heavy atom. The monoisotopic (exact) mass is 131 g/mol. The minimum Gasteiger partial charge on any atom is -0.284 e. The molecule has 0 aromatic rings. The van der Waals surface area contributed by atoms with Crippen molar-refractivity contribution in [3.63, 3.8) is 0 Å². The van der Waals surface area contributed by atoms with Crippen molar-refractivity contribution in [3.8, 4) is 0 Å². The third-order valence-electron chi connectivity index (χ3n) is 0. The van der Waals surface area contributed by atoms with E-state index in [-0.39, 0.29) is 0 Å². The summed E-state index contributed by atoms with van der Waals surface area (Å²) in [6, 6.07) is 0. The number of nitrogens with two attached hydrogens (primary N) is 1. The first-order chi connectivity index (χ1) is 2.73. The highest BCUT2D eigenvalue weighted by atomic mass is 32.2. The Kier molecular flexibility index (Phi) is 14.5. The van der Waals surface area contributed by atoms with Gasteiger partial charge in [0, 0.05) is 0 Å². The summed E-state index contributed by atoms with van der Waals surface area (Å²) in [6.07, 6.45) is 0. The fourth-order valence-corrected chi connectivity index (χ4v) is 0. The van der Waals surface area contributed by atoms with Crippen molar-refractivity contribution in [2.75, 3.05) is 0 Å². The van der Waals surface area contributed by atoms with Gasteiger partial charge in [-0.2, -0.15) is 4.21 Å². The molecule has 0 bridgehead atoms. The van der Waals surface area contributed by atoms with Crippen LogP contribution in [0.15, 0.2) is 0 Å². The van der Waals surface area contributed by atoms with Gasteiger partial charge < -0.3 is 0 Å². The summed E-state index contributed by atoms with van der Waals surface area (Å²) < 4.78 is 22.8. The van der Waals surface area contributed by atoms with Gasteiger partial charge in [-0.15, -0.1) is 12.8 Å². The molecule has 0 unspecified atom stereocenters. The van der Waals surface area contributed by atoms with E-state index in [4.69, 9.17) is 13.3 Å². The predicted octanol–water partition coefficient (Wildman–Crippen LogP) is -0.529. The van der Waals surface area contributed by atoms with Gasteiger partial charge in [0.25, 0.3) is 11.4 Å². The van der Waals surface area contributed by atoms with E-state index in [1.807, 2.05) is 0 Å². The van der Waals surface area contributed by atoms with Crippen LogP contribution in [-0.4, -0.2) is 13.3 Å². The summed E-state index contributed by atoms with van der Waals surface area (Å²) in [6.45, 7) is 0. The molecule has 0 fully saturated rings. The van der Waals surface area contributed by atoms with Crippen LogP contribution < -0.4 is 5.14 Å². The molecular formula is H5NO3S2. The number of thiol groups is 1. The molecule has 0 aromatic carbocycles. The lowest BCUT2D eigenvalue weighted by atomic mass is 14.0. The molecular weight excluding hydrogens is 126 g/mol. The Morgan fingerprint density at radius 1 is 1.50 bits per heavy atom. The van der Waals surface area contributed by atoms with Crippen LogP contribution in [0.3, 0.4) is 0 Å². The standard InChI is InChI=1S/H3NS.H2O3S/c1-2;1-4(2)3/h2H,1H2;(H2,1,2,3). The molecule has 0 amide bonds. The maximum Gasteiger partial charge on any atom is 0.299 e. The second kappa shape index (κ2) is 9.03. The molecule has 0 spiro atoms. The molecule has 4 nitrogen and oxygen atoms in total. The van der Waals surface area contributed by atoms with Crippen LogP contribution in [0.1, 0.15) is 0 Å². The van der Waals surface area contributed by atoms with Crippen molar-refractivity contribution in [2.45, 2.75) is 0 Å². The average molecular weight is 131 g/mol. The van der Waals surface area contributed by atoms with E-state index in [1.165, 1.54) is 0 Å². The lowest BCUT2D eigenvalue weighted by Crippen LogP contribution is -1.74. The molecule has 0 aromatic heterocycles. The Labute approximate surface area is 43.4 Å². The maximum absolute atomic E-state index is 8.67. The van der Waals surface area contributed by atoms with Gasteiger partial charge in [0.1, 0.15) is 0 Å². The third-order valence-corrected chi connectivity index (χ3v) is 0. The molecule has 0 aliphatic heterocycles. The quantitative estimate of drug-likeness (QED) is 0.263. The van der Waals surface area contributed by atoms with E-state index in [1.54, 1.807) is 0 Å². The van der Waals surface area contributed by atoms with Crippen molar-refractivity contribution in [3.05, 3.63) is 0 Å². The van der Waals surface area contributed by atoms with Crippen LogP contribution in [0.4, 0.5) is 0 Å². The summed E-state index contributed by atoms with van der Waals surface area (Å²) in [4.78, 5) is 0. The lowest BCUT2D eigenvalue weighted by Gasteiger charge is -1.59. The zero-order valence-corrected chi connectivity index (χ0v) is 4.45. The minimum absolute atomic E-state index is 2.61. The van der Waals surface area contributed by atoms with Crippen LogP contribution in [0.5, 0.6) is 0 Å². The SMILES string of the molecule is NS.O=S(O)O. The van der Waals surface area contributed by atoms with Gasteiger partial charge in [-0.1, -0.05) is 0 Å². The second-order valence-corrected chi connectivity index (χ2v) is 0.692. The number of hydrogen-bond donors (Lipinski definition) is 4. The Hall–Kier alpha value is 0.380. The molecule has 0 rings (SSSR count). The molecule has 0 aliphatic rings. The Morgan fingerprint density at radius 2 is 1.50 bits per heavy atom. The molecule has 4 N–H and O–H groups in total. The predicted molar refractivity (Wildman–Crippen MR) is 26.6 cm³/mol. The highest BCUT2D eigenvalue weighted by molar-refractivity contribution is 7.77. The first-order valence-electron chi connectivity index (χ1n) is 0.790. The van der Waals surface area contributed by atoms with Crippen molar-refractivity contribution in [1.29, 1.82) is 0 Å². The van der Waals surface area contributed by atoms with E-state index in [0.29, 0.717) is 0 Å². The highest BCUT2D eigenvalue weighted by Crippen LogP contribution is 1.44. The normalized spacial score (nSPS) is 6.83. The molecule has 0 atom stereocenters. The largest absolute Gasteiger partial charge is 0.299 e. The van der Waals surface area contributed by atoms with Gasteiger partial charge in [0.2, 0.25) is 0 Å². The van der Waals surface area contributed by atoms with Gasteiger partial charge >= 0.3 is 0 Å². The third kappa shape index (κ3) is 347. The fourth-order valence-electron chi connectivity index (χ4n) is 0. The van der Waals surface area contributed by atoms with Crippen molar-refractivity contribution >= 4 is 24.2 Å². The summed E-state index contributed by atoms with van der Waals surface area (Å²) in [5.74, 6) is 0. The summed E-state index contributed by atoms with van der Waals surface area (Å²) in [7, 11) is 0. The average Bonchev–Trinajstić information content (AvgIpc) is 1.41. The minimum atomic E-state index is -2.61. The van der Waals surface area contributed by atoms with Gasteiger partial charge in [0.05, 0.1) is 0 Å². The summed E-state index contributed by atoms with van der Waals surface area (Å²) >= 11 is 0.417. The first-order valence-corrected chi connectivity index (χ1v) is 2.37. The van der Waals surface area contributed by atoms with E-state index >= 15 is 0 Å². The van der Waals surface area contributed by atoms with Gasteiger partial charge in [-0.25, -0.2) is 0 Å². The maximum atomic E-state index is 8.67. The first kappa shape index (κ1) is 9.63. The number of hydrogen-bond acceptors (Lipinski definition) is 3. The van der Waals surface area contributed by atoms with Crippen molar-refractivity contribution in [1.82, 2.24) is 0 Å². The smallest absolute Gasteiger partial charge is 0.284 e. The highest BCUT2D eigenvalue weighted by Gasteiger charge is 1.62. The van der Waals surface area contributed by atoms with Crippen molar-refractivity contribution in [2.24, 2.45) is 5.14 Å². The van der Waals surface area contributed by atoms with Crippen LogP contribution in [0.2, 0.25) is 0 Å². The molecule has 0 saturated carbocycles. The van der Waals surface area contributed by atoms with Crippen LogP contribution in [0.25, 0.3) is 0 Å². The zero-order chi connectivity index (χ0) is 5.58. The topological polar surface area (TPSA) is 83.6 Å². The molecule has 0 heterocycles. The fraction of sp³-hybridized carbons (Fsp3) is 0. The van der Waals surface area contributed by atoms with Crippen LogP contribution >= 0.6 is 12.8 Å². The second-order valence-electron chi connectivity index (χ2n) is 0.231. The van der Waals surface area contributed by atoms with Gasteiger partial charge in [-0.05, 0) is 0 Å². The van der Waals surface area contributed by atoms with Gasteiger partial charge in [0.15, 0.2) is 0 Å². The molecule has 0 aliphatic carbocycles. The molecule has 40 valence electrons. The van der Waals surface area contributed by atoms with Crippen molar-refractivity contribution < 1.29 is 13.3 Å². The van der Waals surface area contributed by atoms with E-state index in [0.717, 1.165) is 0 Å². The van der Waals surface area contributed by atoms with E-state index < -0.39 is 11.4 Å². The molecule has 6 heteroatoms. The molecule has 0 radical (unpaired) electrons. The Bertz CT molecular complexity index is 31.8.